The lowest BCUT2D eigenvalue weighted by Crippen LogP contribution is -2.29. The molecule has 2 aromatic rings. The van der Waals surface area contributed by atoms with Crippen molar-refractivity contribution >= 4 is 21.8 Å². The van der Waals surface area contributed by atoms with Crippen LogP contribution in [0.15, 0.2) is 21.4 Å². The summed E-state index contributed by atoms with van der Waals surface area (Å²) in [5, 5.41) is 2.98. The number of amides is 1. The van der Waals surface area contributed by atoms with E-state index in [1.54, 1.807) is 0 Å². The highest BCUT2D eigenvalue weighted by molar-refractivity contribution is 9.10. The topological polar surface area (TPSA) is 65.2 Å². The van der Waals surface area contributed by atoms with Crippen LogP contribution in [0.3, 0.4) is 0 Å². The first-order chi connectivity index (χ1) is 13.7. The van der Waals surface area contributed by atoms with Crippen molar-refractivity contribution in [2.24, 2.45) is 0 Å². The van der Waals surface area contributed by atoms with Gasteiger partial charge in [-0.05, 0) is 81.6 Å². The molecular formula is C23H30BrN3O2. The number of nitrogens with zero attached hydrogens (tertiary/aromatic N) is 1. The number of rotatable bonds is 6. The minimum absolute atomic E-state index is 0.117. The maximum absolute atomic E-state index is 13.1. The maximum Gasteiger partial charge on any atom is 0.253 e. The van der Waals surface area contributed by atoms with Crippen LogP contribution in [0.5, 0.6) is 0 Å². The fourth-order valence-electron chi connectivity index (χ4n) is 4.44. The van der Waals surface area contributed by atoms with Crippen LogP contribution in [-0.4, -0.2) is 29.9 Å². The quantitative estimate of drug-likeness (QED) is 0.680. The Kier molecular flexibility index (Phi) is 6.64. The fraction of sp³-hybridized carbons (Fsp3) is 0.478. The largest absolute Gasteiger partial charge is 0.348 e. The fourth-order valence-corrected chi connectivity index (χ4v) is 5.08. The van der Waals surface area contributed by atoms with E-state index in [2.05, 4.69) is 52.1 Å². The van der Waals surface area contributed by atoms with Gasteiger partial charge in [0.2, 0.25) is 0 Å². The van der Waals surface area contributed by atoms with E-state index in [1.807, 2.05) is 26.0 Å². The molecule has 1 aliphatic carbocycles. The minimum atomic E-state index is -0.141. The van der Waals surface area contributed by atoms with E-state index in [9.17, 15) is 9.59 Å². The number of aryl methyl sites for hydroxylation is 2. The van der Waals surface area contributed by atoms with E-state index in [4.69, 9.17) is 0 Å². The molecule has 1 aliphatic rings. The minimum Gasteiger partial charge on any atom is -0.348 e. The molecule has 0 saturated carbocycles. The Morgan fingerprint density at radius 2 is 2.03 bits per heavy atom. The van der Waals surface area contributed by atoms with Gasteiger partial charge in [0.05, 0.1) is 0 Å². The Bertz CT molecular complexity index is 995. The molecule has 6 heteroatoms. The molecule has 5 nitrogen and oxygen atoms in total. The second-order valence-electron chi connectivity index (χ2n) is 8.16. The molecule has 0 fully saturated rings. The number of aromatic amines is 1. The van der Waals surface area contributed by atoms with Crippen LogP contribution in [0.1, 0.15) is 69.7 Å². The van der Waals surface area contributed by atoms with E-state index in [0.717, 1.165) is 47.0 Å². The van der Waals surface area contributed by atoms with Gasteiger partial charge in [0.25, 0.3) is 11.5 Å². The molecule has 2 N–H and O–H groups in total. The third-order valence-corrected chi connectivity index (χ3v) is 6.58. The maximum atomic E-state index is 13.1. The number of hydrogen-bond acceptors (Lipinski definition) is 3. The zero-order chi connectivity index (χ0) is 21.3. The monoisotopic (exact) mass is 459 g/mol. The van der Waals surface area contributed by atoms with Gasteiger partial charge in [-0.25, -0.2) is 0 Å². The first-order valence-corrected chi connectivity index (χ1v) is 11.0. The molecule has 1 amide bonds. The molecule has 3 rings (SSSR count). The molecule has 0 bridgehead atoms. The molecule has 0 saturated heterocycles. The number of halogens is 1. The van der Waals surface area contributed by atoms with Crippen LogP contribution in [0.4, 0.5) is 0 Å². The van der Waals surface area contributed by atoms with Gasteiger partial charge in [-0.1, -0.05) is 29.3 Å². The Balaban J connectivity index is 1.89. The van der Waals surface area contributed by atoms with Gasteiger partial charge in [-0.2, -0.15) is 0 Å². The van der Waals surface area contributed by atoms with Crippen LogP contribution in [0.2, 0.25) is 0 Å². The smallest absolute Gasteiger partial charge is 0.253 e. The molecule has 29 heavy (non-hydrogen) atoms. The molecule has 0 radical (unpaired) electrons. The first kappa shape index (κ1) is 21.8. The van der Waals surface area contributed by atoms with E-state index in [-0.39, 0.29) is 18.0 Å². The number of pyridine rings is 1. The lowest BCUT2D eigenvalue weighted by Gasteiger charge is -2.23. The summed E-state index contributed by atoms with van der Waals surface area (Å²) in [6.45, 7) is 6.24. The van der Waals surface area contributed by atoms with E-state index >= 15 is 0 Å². The number of aromatic nitrogens is 1. The van der Waals surface area contributed by atoms with Gasteiger partial charge < -0.3 is 15.2 Å². The summed E-state index contributed by atoms with van der Waals surface area (Å²) >= 11 is 3.67. The average Bonchev–Trinajstić information content (AvgIpc) is 3.10. The Morgan fingerprint density at radius 3 is 2.69 bits per heavy atom. The highest BCUT2D eigenvalue weighted by Crippen LogP contribution is 2.41. The van der Waals surface area contributed by atoms with Crippen molar-refractivity contribution in [2.75, 3.05) is 14.1 Å². The molecule has 156 valence electrons. The van der Waals surface area contributed by atoms with E-state index in [0.29, 0.717) is 17.2 Å². The lowest BCUT2D eigenvalue weighted by molar-refractivity contribution is 0.0950. The molecule has 1 heterocycles. The van der Waals surface area contributed by atoms with Crippen molar-refractivity contribution in [1.29, 1.82) is 0 Å². The number of fused-ring (bicyclic) bond motifs is 1. The van der Waals surface area contributed by atoms with Crippen LogP contribution in [-0.2, 0) is 19.4 Å². The van der Waals surface area contributed by atoms with Crippen molar-refractivity contribution in [2.45, 2.75) is 59.0 Å². The standard InChI is InChI=1S/C23H30BrN3O2/c1-6-7-15-10-13(2)26-23(29)18(15)12-25-22(28)17-11-19(24)16-8-9-20(27(4)5)21(16)14(17)3/h10-11,20H,6-9,12H2,1-5H3,(H,25,28)(H,26,29). The summed E-state index contributed by atoms with van der Waals surface area (Å²) in [5.74, 6) is -0.141. The lowest BCUT2D eigenvalue weighted by atomic mass is 9.95. The van der Waals surface area contributed by atoms with Crippen molar-refractivity contribution in [3.8, 4) is 0 Å². The van der Waals surface area contributed by atoms with Crippen molar-refractivity contribution in [1.82, 2.24) is 15.2 Å². The molecular weight excluding hydrogens is 430 g/mol. The number of carbonyl (C=O) groups excluding carboxylic acids is 1. The van der Waals surface area contributed by atoms with E-state index in [1.165, 1.54) is 11.1 Å². The van der Waals surface area contributed by atoms with Gasteiger partial charge >= 0.3 is 0 Å². The zero-order valence-electron chi connectivity index (χ0n) is 17.9. The Morgan fingerprint density at radius 1 is 1.31 bits per heavy atom. The normalized spacial score (nSPS) is 15.6. The van der Waals surface area contributed by atoms with Crippen LogP contribution >= 0.6 is 15.9 Å². The van der Waals surface area contributed by atoms with Gasteiger partial charge in [-0.15, -0.1) is 0 Å². The summed E-state index contributed by atoms with van der Waals surface area (Å²) in [7, 11) is 4.16. The van der Waals surface area contributed by atoms with Gasteiger partial charge in [0.1, 0.15) is 0 Å². The van der Waals surface area contributed by atoms with Crippen LogP contribution < -0.4 is 10.9 Å². The number of carbonyl (C=O) groups is 1. The van der Waals surface area contributed by atoms with Crippen molar-refractivity contribution in [3.05, 3.63) is 66.0 Å². The second kappa shape index (κ2) is 8.84. The van der Waals surface area contributed by atoms with Gasteiger partial charge in [0, 0.05) is 33.9 Å². The highest BCUT2D eigenvalue weighted by atomic mass is 79.9. The summed E-state index contributed by atoms with van der Waals surface area (Å²) in [6.07, 6.45) is 3.85. The predicted octanol–water partition coefficient (Wildman–Crippen LogP) is 4.19. The number of H-pyrrole nitrogens is 1. The summed E-state index contributed by atoms with van der Waals surface area (Å²) in [4.78, 5) is 30.6. The van der Waals surface area contributed by atoms with Gasteiger partial charge in [-0.3, -0.25) is 9.59 Å². The second-order valence-corrected chi connectivity index (χ2v) is 9.01. The molecule has 0 aliphatic heterocycles. The molecule has 0 spiro atoms. The Labute approximate surface area is 181 Å². The van der Waals surface area contributed by atoms with Crippen molar-refractivity contribution in [3.63, 3.8) is 0 Å². The molecule has 1 aromatic carbocycles. The third-order valence-electron chi connectivity index (χ3n) is 5.87. The third kappa shape index (κ3) is 4.33. The van der Waals surface area contributed by atoms with Crippen LogP contribution in [0.25, 0.3) is 0 Å². The van der Waals surface area contributed by atoms with Gasteiger partial charge in [0.15, 0.2) is 0 Å². The molecule has 1 aromatic heterocycles. The van der Waals surface area contributed by atoms with E-state index < -0.39 is 0 Å². The number of benzene rings is 1. The van der Waals surface area contributed by atoms with Crippen molar-refractivity contribution < 1.29 is 4.79 Å². The number of nitrogens with one attached hydrogen (secondary N) is 2. The molecule has 1 unspecified atom stereocenters. The number of hydrogen-bond donors (Lipinski definition) is 2. The summed E-state index contributed by atoms with van der Waals surface area (Å²) < 4.78 is 0.993. The summed E-state index contributed by atoms with van der Waals surface area (Å²) in [5.41, 5.74) is 6.65. The summed E-state index contributed by atoms with van der Waals surface area (Å²) in [6, 6.07) is 4.25. The van der Waals surface area contributed by atoms with Crippen LogP contribution in [0, 0.1) is 13.8 Å². The predicted molar refractivity (Wildman–Crippen MR) is 121 cm³/mol. The zero-order valence-corrected chi connectivity index (χ0v) is 19.5. The highest BCUT2D eigenvalue weighted by Gasteiger charge is 2.30. The SMILES string of the molecule is CCCc1cc(C)[nH]c(=O)c1CNC(=O)c1cc(Br)c2c(c1C)C(N(C)C)CC2. The first-order valence-electron chi connectivity index (χ1n) is 10.2. The molecule has 1 atom stereocenters. The average molecular weight is 460 g/mol. The Hall–Kier alpha value is -1.92.